The predicted octanol–water partition coefficient (Wildman–Crippen LogP) is 4.63. The van der Waals surface area contributed by atoms with E-state index in [0.29, 0.717) is 34.5 Å². The van der Waals surface area contributed by atoms with Gasteiger partial charge < -0.3 is 9.15 Å². The van der Waals surface area contributed by atoms with E-state index in [1.165, 1.54) is 0 Å². The van der Waals surface area contributed by atoms with Crippen molar-refractivity contribution in [1.29, 1.82) is 0 Å². The summed E-state index contributed by atoms with van der Waals surface area (Å²) >= 11 is 0. The van der Waals surface area contributed by atoms with Crippen LogP contribution in [0.5, 0.6) is 0 Å². The van der Waals surface area contributed by atoms with Gasteiger partial charge in [-0.05, 0) is 29.8 Å². The van der Waals surface area contributed by atoms with Crippen molar-refractivity contribution in [2.24, 2.45) is 0 Å². The molecule has 0 aliphatic carbocycles. The van der Waals surface area contributed by atoms with Crippen LogP contribution in [0.2, 0.25) is 0 Å². The minimum Gasteiger partial charge on any atom is -0.452 e. The van der Waals surface area contributed by atoms with Crippen LogP contribution in [-0.4, -0.2) is 26.1 Å². The molecule has 0 unspecified atom stereocenters. The van der Waals surface area contributed by atoms with Gasteiger partial charge in [-0.2, -0.15) is 0 Å². The number of aromatic nitrogens is 4. The van der Waals surface area contributed by atoms with Gasteiger partial charge in [0, 0.05) is 23.3 Å². The molecule has 0 bridgehead atoms. The predicted molar refractivity (Wildman–Crippen MR) is 118 cm³/mol. The minimum atomic E-state index is -0.485. The van der Waals surface area contributed by atoms with E-state index in [4.69, 9.17) is 9.15 Å². The zero-order valence-corrected chi connectivity index (χ0v) is 17.0. The summed E-state index contributed by atoms with van der Waals surface area (Å²) in [4.78, 5) is 21.7. The van der Waals surface area contributed by atoms with Crippen molar-refractivity contribution in [3.05, 3.63) is 108 Å². The van der Waals surface area contributed by atoms with Crippen molar-refractivity contribution in [3.63, 3.8) is 0 Å². The summed E-state index contributed by atoms with van der Waals surface area (Å²) in [6.45, 7) is -0.109. The largest absolute Gasteiger partial charge is 0.452 e. The molecular formula is C25H18N4O3. The van der Waals surface area contributed by atoms with Crippen molar-refractivity contribution in [3.8, 4) is 11.3 Å². The van der Waals surface area contributed by atoms with Crippen LogP contribution in [0.3, 0.4) is 0 Å². The highest BCUT2D eigenvalue weighted by Crippen LogP contribution is 2.25. The fourth-order valence-electron chi connectivity index (χ4n) is 3.41. The highest BCUT2D eigenvalue weighted by Gasteiger charge is 2.17. The van der Waals surface area contributed by atoms with Crippen LogP contribution < -0.4 is 0 Å². The summed E-state index contributed by atoms with van der Waals surface area (Å²) in [5, 5.41) is 8.75. The van der Waals surface area contributed by atoms with E-state index in [1.54, 1.807) is 18.5 Å². The van der Waals surface area contributed by atoms with Gasteiger partial charge in [0.25, 0.3) is 5.89 Å². The maximum atomic E-state index is 13.0. The van der Waals surface area contributed by atoms with Gasteiger partial charge in [-0.1, -0.05) is 48.5 Å². The number of benzene rings is 2. The molecule has 3 aromatic heterocycles. The number of para-hydroxylation sites is 1. The first-order valence-electron chi connectivity index (χ1n) is 10.1. The number of pyridine rings is 2. The van der Waals surface area contributed by atoms with E-state index in [2.05, 4.69) is 20.2 Å². The molecule has 0 spiro atoms. The number of hydrogen-bond donors (Lipinski definition) is 0. The summed E-state index contributed by atoms with van der Waals surface area (Å²) in [6.07, 6.45) is 3.89. The van der Waals surface area contributed by atoms with Crippen molar-refractivity contribution in [2.75, 3.05) is 0 Å². The topological polar surface area (TPSA) is 91.0 Å². The summed E-state index contributed by atoms with van der Waals surface area (Å²) < 4.78 is 11.1. The maximum Gasteiger partial charge on any atom is 0.339 e. The molecular weight excluding hydrogens is 404 g/mol. The number of fused-ring (bicyclic) bond motifs is 1. The van der Waals surface area contributed by atoms with Crippen LogP contribution >= 0.6 is 0 Å². The molecule has 0 N–H and O–H groups in total. The standard InChI is InChI=1S/C25H18N4O3/c30-25(31-16-24-29-28-23(32-24)14-17-6-2-1-3-7-17)20-15-22(18-10-12-26-13-11-18)27-21-9-5-4-8-19(20)21/h1-13,15H,14,16H2. The fourth-order valence-corrected chi connectivity index (χ4v) is 3.41. The molecule has 3 heterocycles. The summed E-state index contributed by atoms with van der Waals surface area (Å²) in [5.74, 6) is 0.232. The molecule has 0 radical (unpaired) electrons. The average Bonchev–Trinajstić information content (AvgIpc) is 3.30. The Hall–Kier alpha value is -4.39. The Morgan fingerprint density at radius 2 is 1.62 bits per heavy atom. The Morgan fingerprint density at radius 1 is 0.875 bits per heavy atom. The molecule has 7 nitrogen and oxygen atoms in total. The smallest absolute Gasteiger partial charge is 0.339 e. The van der Waals surface area contributed by atoms with Crippen molar-refractivity contribution < 1.29 is 13.9 Å². The number of nitrogens with zero attached hydrogens (tertiary/aromatic N) is 4. The summed E-state index contributed by atoms with van der Waals surface area (Å²) in [5.41, 5.74) is 3.72. The van der Waals surface area contributed by atoms with Gasteiger partial charge in [0.05, 0.1) is 23.2 Å². The Labute approximate surface area is 183 Å². The van der Waals surface area contributed by atoms with Gasteiger partial charge in [0.2, 0.25) is 5.89 Å². The van der Waals surface area contributed by atoms with Crippen molar-refractivity contribution >= 4 is 16.9 Å². The lowest BCUT2D eigenvalue weighted by atomic mass is 10.0. The molecule has 0 saturated heterocycles. The SMILES string of the molecule is O=C(OCc1nnc(Cc2ccccc2)o1)c1cc(-c2ccncc2)nc2ccccc12. The Bertz CT molecular complexity index is 1370. The molecule has 5 rings (SSSR count). The fraction of sp³-hybridized carbons (Fsp3) is 0.0800. The van der Waals surface area contributed by atoms with Gasteiger partial charge >= 0.3 is 5.97 Å². The van der Waals surface area contributed by atoms with Crippen LogP contribution in [0.25, 0.3) is 22.2 Å². The van der Waals surface area contributed by atoms with Gasteiger partial charge in [-0.3, -0.25) is 4.98 Å². The van der Waals surface area contributed by atoms with E-state index >= 15 is 0 Å². The van der Waals surface area contributed by atoms with E-state index < -0.39 is 5.97 Å². The first-order valence-corrected chi connectivity index (χ1v) is 10.1. The third-order valence-electron chi connectivity index (χ3n) is 4.95. The molecule has 2 aromatic carbocycles. The molecule has 0 aliphatic heterocycles. The third kappa shape index (κ3) is 4.22. The highest BCUT2D eigenvalue weighted by atomic mass is 16.5. The first kappa shape index (κ1) is 19.6. The lowest BCUT2D eigenvalue weighted by molar-refractivity contribution is 0.0439. The minimum absolute atomic E-state index is 0.109. The molecule has 0 atom stereocenters. The monoisotopic (exact) mass is 422 g/mol. The first-order chi connectivity index (χ1) is 15.8. The number of carbonyl (C=O) groups excluding carboxylic acids is 1. The molecule has 0 aliphatic rings. The lowest BCUT2D eigenvalue weighted by Gasteiger charge is -2.09. The van der Waals surface area contributed by atoms with E-state index in [-0.39, 0.29) is 12.5 Å². The van der Waals surface area contributed by atoms with Gasteiger partial charge in [0.1, 0.15) is 0 Å². The summed E-state index contributed by atoms with van der Waals surface area (Å²) in [7, 11) is 0. The van der Waals surface area contributed by atoms with Crippen LogP contribution in [0.1, 0.15) is 27.7 Å². The van der Waals surface area contributed by atoms with Crippen LogP contribution in [0.15, 0.2) is 89.6 Å². The van der Waals surface area contributed by atoms with Crippen molar-refractivity contribution in [1.82, 2.24) is 20.2 Å². The Kier molecular flexibility index (Phi) is 5.36. The van der Waals surface area contributed by atoms with Crippen LogP contribution in [0, 0.1) is 0 Å². The van der Waals surface area contributed by atoms with Gasteiger partial charge in [-0.15, -0.1) is 10.2 Å². The van der Waals surface area contributed by atoms with E-state index in [9.17, 15) is 4.79 Å². The van der Waals surface area contributed by atoms with E-state index in [1.807, 2.05) is 66.7 Å². The molecule has 0 fully saturated rings. The number of rotatable bonds is 6. The maximum absolute atomic E-state index is 13.0. The van der Waals surface area contributed by atoms with Crippen LogP contribution in [-0.2, 0) is 17.8 Å². The number of carbonyl (C=O) groups is 1. The molecule has 156 valence electrons. The number of hydrogen-bond acceptors (Lipinski definition) is 7. The van der Waals surface area contributed by atoms with Crippen molar-refractivity contribution in [2.45, 2.75) is 13.0 Å². The van der Waals surface area contributed by atoms with Crippen LogP contribution in [0.4, 0.5) is 0 Å². The normalized spacial score (nSPS) is 10.9. The average molecular weight is 422 g/mol. The second-order valence-corrected chi connectivity index (χ2v) is 7.14. The van der Waals surface area contributed by atoms with E-state index in [0.717, 1.165) is 11.1 Å². The Balaban J connectivity index is 1.36. The lowest BCUT2D eigenvalue weighted by Crippen LogP contribution is -2.07. The second-order valence-electron chi connectivity index (χ2n) is 7.14. The molecule has 0 amide bonds. The van der Waals surface area contributed by atoms with Gasteiger partial charge in [-0.25, -0.2) is 9.78 Å². The van der Waals surface area contributed by atoms with Gasteiger partial charge in [0.15, 0.2) is 6.61 Å². The number of ether oxygens (including phenoxy) is 1. The zero-order chi connectivity index (χ0) is 21.8. The highest BCUT2D eigenvalue weighted by molar-refractivity contribution is 6.04. The molecule has 5 aromatic rings. The Morgan fingerprint density at radius 3 is 2.47 bits per heavy atom. The molecule has 0 saturated carbocycles. The second kappa shape index (κ2) is 8.77. The quantitative estimate of drug-likeness (QED) is 0.369. The zero-order valence-electron chi connectivity index (χ0n) is 17.0. The number of esters is 1. The molecule has 7 heteroatoms. The third-order valence-corrected chi connectivity index (χ3v) is 4.95. The molecule has 32 heavy (non-hydrogen) atoms. The summed E-state index contributed by atoms with van der Waals surface area (Å²) in [6, 6.07) is 22.7.